The Morgan fingerprint density at radius 1 is 0.875 bits per heavy atom. The predicted octanol–water partition coefficient (Wildman–Crippen LogP) is 3.61. The largest absolute Gasteiger partial charge is 0.486 e. The van der Waals surface area contributed by atoms with E-state index < -0.39 is 0 Å². The molecule has 122 valence electrons. The Morgan fingerprint density at radius 3 is 2.04 bits per heavy atom. The van der Waals surface area contributed by atoms with Gasteiger partial charge >= 0.3 is 0 Å². The van der Waals surface area contributed by atoms with Crippen molar-refractivity contribution in [3.8, 4) is 17.1 Å². The van der Waals surface area contributed by atoms with Crippen LogP contribution < -0.4 is 16.2 Å². The minimum absolute atomic E-state index is 0.0626. The van der Waals surface area contributed by atoms with E-state index in [9.17, 15) is 0 Å². The summed E-state index contributed by atoms with van der Waals surface area (Å²) in [6.45, 7) is 2.00. The number of ether oxygens (including phenoxy) is 1. The molecule has 1 heterocycles. The monoisotopic (exact) mass is 385 g/mol. The van der Waals surface area contributed by atoms with E-state index >= 15 is 0 Å². The Labute approximate surface area is 148 Å². The van der Waals surface area contributed by atoms with Crippen molar-refractivity contribution in [2.24, 2.45) is 0 Å². The maximum Gasteiger partial charge on any atom is 0.225 e. The minimum Gasteiger partial charge on any atom is -0.486 e. The average Bonchev–Trinajstić information content (AvgIpc) is 2.55. The van der Waals surface area contributed by atoms with Gasteiger partial charge in [0.2, 0.25) is 11.9 Å². The molecule has 1 atom stereocenters. The first kappa shape index (κ1) is 16.2. The van der Waals surface area contributed by atoms with E-state index in [0.717, 1.165) is 21.3 Å². The molecule has 1 unspecified atom stereocenters. The molecule has 0 aliphatic rings. The number of nitrogens with zero attached hydrogens (tertiary/aromatic N) is 3. The Morgan fingerprint density at radius 2 is 1.46 bits per heavy atom. The first-order chi connectivity index (χ1) is 11.5. The molecular weight excluding hydrogens is 370 g/mol. The smallest absolute Gasteiger partial charge is 0.225 e. The molecule has 7 heteroatoms. The molecule has 0 amide bonds. The van der Waals surface area contributed by atoms with E-state index in [1.807, 2.05) is 55.5 Å². The Kier molecular flexibility index (Phi) is 4.61. The summed E-state index contributed by atoms with van der Waals surface area (Å²) in [5.41, 5.74) is 13.1. The topological polar surface area (TPSA) is 99.9 Å². The molecular formula is C17H16BrN5O. The fourth-order valence-corrected chi connectivity index (χ4v) is 2.49. The van der Waals surface area contributed by atoms with Crippen molar-refractivity contribution < 1.29 is 4.74 Å². The lowest BCUT2D eigenvalue weighted by Gasteiger charge is -2.15. The molecule has 0 saturated heterocycles. The first-order valence-corrected chi connectivity index (χ1v) is 8.10. The van der Waals surface area contributed by atoms with Crippen molar-refractivity contribution in [1.29, 1.82) is 0 Å². The lowest BCUT2D eigenvalue weighted by Crippen LogP contribution is -2.04. The number of anilines is 2. The molecule has 0 bridgehead atoms. The lowest BCUT2D eigenvalue weighted by molar-refractivity contribution is 0.227. The van der Waals surface area contributed by atoms with E-state index in [4.69, 9.17) is 16.2 Å². The SMILES string of the molecule is CC(Oc1ccc(-c2nc(N)nc(N)n2)cc1)c1ccc(Br)cc1. The molecule has 24 heavy (non-hydrogen) atoms. The Balaban J connectivity index is 1.75. The highest BCUT2D eigenvalue weighted by molar-refractivity contribution is 9.10. The molecule has 0 aliphatic carbocycles. The van der Waals surface area contributed by atoms with Crippen molar-refractivity contribution in [3.05, 3.63) is 58.6 Å². The molecule has 3 aromatic rings. The Bertz CT molecular complexity index is 816. The minimum atomic E-state index is -0.0626. The van der Waals surface area contributed by atoms with Gasteiger partial charge in [0, 0.05) is 10.0 Å². The second kappa shape index (κ2) is 6.84. The van der Waals surface area contributed by atoms with Crippen molar-refractivity contribution in [2.45, 2.75) is 13.0 Å². The fourth-order valence-electron chi connectivity index (χ4n) is 2.23. The van der Waals surface area contributed by atoms with Crippen LogP contribution in [0.4, 0.5) is 11.9 Å². The third-order valence-corrected chi connectivity index (χ3v) is 3.96. The molecule has 1 aromatic heterocycles. The number of aromatic nitrogens is 3. The van der Waals surface area contributed by atoms with Crippen LogP contribution in [0.2, 0.25) is 0 Å². The normalized spacial score (nSPS) is 11.9. The molecule has 0 aliphatic heterocycles. The summed E-state index contributed by atoms with van der Waals surface area (Å²) in [5.74, 6) is 1.39. The number of nitrogen functional groups attached to an aromatic ring is 2. The van der Waals surface area contributed by atoms with E-state index in [2.05, 4.69) is 30.9 Å². The first-order valence-electron chi connectivity index (χ1n) is 7.31. The van der Waals surface area contributed by atoms with Crippen molar-refractivity contribution in [2.75, 3.05) is 11.5 Å². The van der Waals surface area contributed by atoms with Crippen LogP contribution in [-0.4, -0.2) is 15.0 Å². The highest BCUT2D eigenvalue weighted by atomic mass is 79.9. The van der Waals surface area contributed by atoms with Gasteiger partial charge in [-0.2, -0.15) is 15.0 Å². The van der Waals surface area contributed by atoms with Gasteiger partial charge in [0.15, 0.2) is 5.82 Å². The standard InChI is InChI=1S/C17H16BrN5O/c1-10(11-2-6-13(18)7-3-11)24-14-8-4-12(5-9-14)15-21-16(19)23-17(20)22-15/h2-10H,1H3,(H4,19,20,21,22,23). The molecule has 2 aromatic carbocycles. The van der Waals surface area contributed by atoms with Crippen LogP contribution in [0.3, 0.4) is 0 Å². The van der Waals surface area contributed by atoms with Gasteiger partial charge in [-0.05, 0) is 48.9 Å². The summed E-state index contributed by atoms with van der Waals surface area (Å²) < 4.78 is 7.00. The zero-order valence-corrected chi connectivity index (χ0v) is 14.6. The summed E-state index contributed by atoms with van der Waals surface area (Å²) in [6.07, 6.45) is -0.0626. The lowest BCUT2D eigenvalue weighted by atomic mass is 10.1. The summed E-state index contributed by atoms with van der Waals surface area (Å²) in [5, 5.41) is 0. The third-order valence-electron chi connectivity index (χ3n) is 3.43. The van der Waals surface area contributed by atoms with E-state index in [1.54, 1.807) is 0 Å². The van der Waals surface area contributed by atoms with Gasteiger partial charge in [0.05, 0.1) is 0 Å². The van der Waals surface area contributed by atoms with Crippen molar-refractivity contribution >= 4 is 27.8 Å². The molecule has 3 rings (SSSR count). The average molecular weight is 386 g/mol. The van der Waals surface area contributed by atoms with Gasteiger partial charge in [0.1, 0.15) is 11.9 Å². The van der Waals surface area contributed by atoms with Crippen LogP contribution in [0.5, 0.6) is 5.75 Å². The van der Waals surface area contributed by atoms with Gasteiger partial charge in [-0.3, -0.25) is 0 Å². The van der Waals surface area contributed by atoms with Crippen molar-refractivity contribution in [1.82, 2.24) is 15.0 Å². The van der Waals surface area contributed by atoms with Crippen molar-refractivity contribution in [3.63, 3.8) is 0 Å². The zero-order valence-electron chi connectivity index (χ0n) is 13.0. The van der Waals surface area contributed by atoms with E-state index in [0.29, 0.717) is 5.82 Å². The highest BCUT2D eigenvalue weighted by Crippen LogP contribution is 2.25. The van der Waals surface area contributed by atoms with Gasteiger partial charge in [-0.15, -0.1) is 0 Å². The van der Waals surface area contributed by atoms with Crippen LogP contribution in [0.25, 0.3) is 11.4 Å². The fraction of sp³-hybridized carbons (Fsp3) is 0.118. The van der Waals surface area contributed by atoms with Gasteiger partial charge in [0.25, 0.3) is 0 Å². The van der Waals surface area contributed by atoms with Crippen LogP contribution in [0.1, 0.15) is 18.6 Å². The quantitative estimate of drug-likeness (QED) is 0.711. The van der Waals surface area contributed by atoms with Crippen LogP contribution in [0.15, 0.2) is 53.0 Å². The Hall–Kier alpha value is -2.67. The second-order valence-corrected chi connectivity index (χ2v) is 6.13. The zero-order chi connectivity index (χ0) is 17.1. The summed E-state index contributed by atoms with van der Waals surface area (Å²) >= 11 is 3.43. The number of benzene rings is 2. The molecule has 0 spiro atoms. The highest BCUT2D eigenvalue weighted by Gasteiger charge is 2.09. The number of rotatable bonds is 4. The van der Waals surface area contributed by atoms with E-state index in [1.165, 1.54) is 0 Å². The molecule has 0 fully saturated rings. The summed E-state index contributed by atoms with van der Waals surface area (Å²) in [7, 11) is 0. The predicted molar refractivity (Wildman–Crippen MR) is 97.3 cm³/mol. The summed E-state index contributed by atoms with van der Waals surface area (Å²) in [4.78, 5) is 11.9. The third kappa shape index (κ3) is 3.80. The maximum absolute atomic E-state index is 5.96. The van der Waals surface area contributed by atoms with Gasteiger partial charge in [-0.25, -0.2) is 0 Å². The maximum atomic E-state index is 5.96. The molecule has 0 radical (unpaired) electrons. The number of hydrogen-bond donors (Lipinski definition) is 2. The van der Waals surface area contributed by atoms with Gasteiger partial charge < -0.3 is 16.2 Å². The molecule has 6 nitrogen and oxygen atoms in total. The van der Waals surface area contributed by atoms with Crippen LogP contribution in [0, 0.1) is 0 Å². The number of halogens is 1. The van der Waals surface area contributed by atoms with E-state index in [-0.39, 0.29) is 18.0 Å². The van der Waals surface area contributed by atoms with Crippen LogP contribution in [-0.2, 0) is 0 Å². The summed E-state index contributed by atoms with van der Waals surface area (Å²) in [6, 6.07) is 15.5. The second-order valence-electron chi connectivity index (χ2n) is 5.21. The van der Waals surface area contributed by atoms with Crippen LogP contribution >= 0.6 is 15.9 Å². The number of hydrogen-bond acceptors (Lipinski definition) is 6. The van der Waals surface area contributed by atoms with Gasteiger partial charge in [-0.1, -0.05) is 28.1 Å². The molecule has 4 N–H and O–H groups in total. The molecule has 0 saturated carbocycles. The number of nitrogens with two attached hydrogens (primary N) is 2.